The second-order valence-electron chi connectivity index (χ2n) is 5.08. The van der Waals surface area contributed by atoms with E-state index < -0.39 is 11.8 Å². The summed E-state index contributed by atoms with van der Waals surface area (Å²) in [5, 5.41) is 3.85. The molecule has 2 aromatic carbocycles. The molecule has 122 valence electrons. The van der Waals surface area contributed by atoms with Crippen LogP contribution in [-0.2, 0) is 11.3 Å². The van der Waals surface area contributed by atoms with Crippen LogP contribution >= 0.6 is 15.9 Å². The Hall–Kier alpha value is -2.54. The number of ether oxygens (including phenoxy) is 1. The number of esters is 1. The highest BCUT2D eigenvalue weighted by Crippen LogP contribution is 2.20. The van der Waals surface area contributed by atoms with Gasteiger partial charge in [-0.1, -0.05) is 35.0 Å². The minimum Gasteiger partial charge on any atom is -0.452 e. The van der Waals surface area contributed by atoms with Crippen molar-refractivity contribution in [1.82, 2.24) is 10.1 Å². The minimum absolute atomic E-state index is 0.0910. The molecule has 24 heavy (non-hydrogen) atoms. The van der Waals surface area contributed by atoms with Crippen molar-refractivity contribution in [2.45, 2.75) is 13.5 Å². The maximum absolute atomic E-state index is 13.2. The predicted octanol–water partition coefficient (Wildman–Crippen LogP) is 4.30. The number of nitrogens with zero attached hydrogens (tertiary/aromatic N) is 2. The number of hydrogen-bond acceptors (Lipinski definition) is 5. The predicted molar refractivity (Wildman–Crippen MR) is 87.7 cm³/mol. The maximum Gasteiger partial charge on any atom is 0.339 e. The van der Waals surface area contributed by atoms with Crippen molar-refractivity contribution in [3.63, 3.8) is 0 Å². The van der Waals surface area contributed by atoms with Crippen molar-refractivity contribution in [2.75, 3.05) is 0 Å². The van der Waals surface area contributed by atoms with Gasteiger partial charge in [-0.2, -0.15) is 4.98 Å². The summed E-state index contributed by atoms with van der Waals surface area (Å²) < 4.78 is 23.8. The molecule has 0 radical (unpaired) electrons. The van der Waals surface area contributed by atoms with Crippen molar-refractivity contribution in [3.8, 4) is 11.4 Å². The smallest absolute Gasteiger partial charge is 0.339 e. The monoisotopic (exact) mass is 390 g/mol. The molecule has 0 N–H and O–H groups in total. The summed E-state index contributed by atoms with van der Waals surface area (Å²) in [6.45, 7) is 1.79. The summed E-state index contributed by atoms with van der Waals surface area (Å²) in [5.41, 5.74) is 2.01. The van der Waals surface area contributed by atoms with Crippen LogP contribution in [0.15, 0.2) is 51.5 Å². The Morgan fingerprint density at radius 1 is 1.25 bits per heavy atom. The van der Waals surface area contributed by atoms with E-state index in [1.807, 2.05) is 31.2 Å². The van der Waals surface area contributed by atoms with E-state index >= 15 is 0 Å². The van der Waals surface area contributed by atoms with E-state index in [-0.39, 0.29) is 18.1 Å². The zero-order valence-corrected chi connectivity index (χ0v) is 14.2. The molecule has 0 aliphatic heterocycles. The van der Waals surface area contributed by atoms with Gasteiger partial charge in [-0.15, -0.1) is 0 Å². The second kappa shape index (κ2) is 6.92. The maximum atomic E-state index is 13.2. The van der Waals surface area contributed by atoms with Crippen LogP contribution in [0, 0.1) is 12.7 Å². The number of aryl methyl sites for hydroxylation is 1. The van der Waals surface area contributed by atoms with Gasteiger partial charge in [-0.25, -0.2) is 9.18 Å². The number of carbonyl (C=O) groups is 1. The third-order valence-corrected chi connectivity index (χ3v) is 3.94. The van der Waals surface area contributed by atoms with E-state index in [1.165, 1.54) is 12.1 Å². The van der Waals surface area contributed by atoms with E-state index in [0.717, 1.165) is 17.2 Å². The van der Waals surface area contributed by atoms with Crippen LogP contribution in [0.25, 0.3) is 11.4 Å². The highest BCUT2D eigenvalue weighted by Gasteiger charge is 2.15. The van der Waals surface area contributed by atoms with E-state index in [9.17, 15) is 9.18 Å². The average molecular weight is 391 g/mol. The van der Waals surface area contributed by atoms with Gasteiger partial charge in [0.15, 0.2) is 6.61 Å². The number of hydrogen-bond donors (Lipinski definition) is 0. The van der Waals surface area contributed by atoms with Crippen molar-refractivity contribution >= 4 is 21.9 Å². The quantitative estimate of drug-likeness (QED) is 0.621. The molecule has 0 bridgehead atoms. The van der Waals surface area contributed by atoms with Crippen molar-refractivity contribution in [2.24, 2.45) is 0 Å². The van der Waals surface area contributed by atoms with Gasteiger partial charge >= 0.3 is 5.97 Å². The van der Waals surface area contributed by atoms with Gasteiger partial charge in [0.25, 0.3) is 5.89 Å². The molecule has 3 aromatic rings. The number of benzene rings is 2. The summed E-state index contributed by atoms with van der Waals surface area (Å²) in [5.74, 6) is -0.638. The molecule has 0 unspecified atom stereocenters. The Kier molecular flexibility index (Phi) is 4.71. The van der Waals surface area contributed by atoms with E-state index in [0.29, 0.717) is 10.3 Å². The Balaban J connectivity index is 1.68. The van der Waals surface area contributed by atoms with Crippen molar-refractivity contribution in [3.05, 3.63) is 69.8 Å². The number of rotatable bonds is 4. The number of aromatic nitrogens is 2. The first-order valence-electron chi connectivity index (χ1n) is 7.05. The first-order chi connectivity index (χ1) is 11.5. The largest absolute Gasteiger partial charge is 0.452 e. The Bertz CT molecular complexity index is 878. The fraction of sp³-hybridized carbons (Fsp3) is 0.118. The molecule has 0 saturated heterocycles. The normalized spacial score (nSPS) is 10.6. The SMILES string of the molecule is Cc1ccc(-c2noc(COC(=O)c3cc(F)ccc3Br)n2)cc1. The lowest BCUT2D eigenvalue weighted by atomic mass is 10.1. The first kappa shape index (κ1) is 16.3. The van der Waals surface area contributed by atoms with E-state index in [1.54, 1.807) is 0 Å². The molecular weight excluding hydrogens is 379 g/mol. The molecule has 0 atom stereocenters. The summed E-state index contributed by atoms with van der Waals surface area (Å²) in [6.07, 6.45) is 0. The molecule has 0 aliphatic carbocycles. The molecule has 1 heterocycles. The van der Waals surface area contributed by atoms with Crippen LogP contribution < -0.4 is 0 Å². The van der Waals surface area contributed by atoms with Gasteiger partial charge in [0, 0.05) is 10.0 Å². The van der Waals surface area contributed by atoms with Gasteiger partial charge < -0.3 is 9.26 Å². The molecular formula is C17H12BrFN2O3. The van der Waals surface area contributed by atoms with E-state index in [2.05, 4.69) is 26.1 Å². The molecule has 0 aliphatic rings. The van der Waals surface area contributed by atoms with Gasteiger partial charge in [0.05, 0.1) is 5.56 Å². The zero-order valence-electron chi connectivity index (χ0n) is 12.6. The van der Waals surface area contributed by atoms with Crippen LogP contribution in [0.2, 0.25) is 0 Å². The summed E-state index contributed by atoms with van der Waals surface area (Å²) in [4.78, 5) is 16.2. The standard InChI is InChI=1S/C17H12BrFN2O3/c1-10-2-4-11(5-3-10)16-20-15(24-21-16)9-23-17(22)13-8-12(19)6-7-14(13)18/h2-8H,9H2,1H3. The Morgan fingerprint density at radius 2 is 2.00 bits per heavy atom. The van der Waals surface area contributed by atoms with Gasteiger partial charge in [0.1, 0.15) is 5.82 Å². The van der Waals surface area contributed by atoms with Crippen LogP contribution in [-0.4, -0.2) is 16.1 Å². The molecule has 0 amide bonds. The van der Waals surface area contributed by atoms with Crippen LogP contribution in [0.3, 0.4) is 0 Å². The average Bonchev–Trinajstić information content (AvgIpc) is 3.04. The third kappa shape index (κ3) is 3.68. The highest BCUT2D eigenvalue weighted by atomic mass is 79.9. The second-order valence-corrected chi connectivity index (χ2v) is 5.93. The zero-order chi connectivity index (χ0) is 17.1. The summed E-state index contributed by atoms with van der Waals surface area (Å²) >= 11 is 3.18. The molecule has 0 fully saturated rings. The summed E-state index contributed by atoms with van der Waals surface area (Å²) in [7, 11) is 0. The number of halogens is 2. The highest BCUT2D eigenvalue weighted by molar-refractivity contribution is 9.10. The molecule has 1 aromatic heterocycles. The number of carbonyl (C=O) groups excluding carboxylic acids is 1. The minimum atomic E-state index is -0.684. The van der Waals surface area contributed by atoms with Gasteiger partial charge in [0.2, 0.25) is 5.82 Å². The molecule has 0 spiro atoms. The van der Waals surface area contributed by atoms with Crippen LogP contribution in [0.5, 0.6) is 0 Å². The summed E-state index contributed by atoms with van der Waals surface area (Å²) in [6, 6.07) is 11.4. The fourth-order valence-corrected chi connectivity index (χ4v) is 2.40. The van der Waals surface area contributed by atoms with E-state index in [4.69, 9.17) is 9.26 Å². The molecule has 3 rings (SSSR count). The molecule has 5 nitrogen and oxygen atoms in total. The Morgan fingerprint density at radius 3 is 2.75 bits per heavy atom. The Labute approximate surface area is 145 Å². The van der Waals surface area contributed by atoms with Gasteiger partial charge in [-0.3, -0.25) is 0 Å². The lowest BCUT2D eigenvalue weighted by molar-refractivity contribution is 0.0428. The fourth-order valence-electron chi connectivity index (χ4n) is 1.99. The first-order valence-corrected chi connectivity index (χ1v) is 7.84. The van der Waals surface area contributed by atoms with Crippen molar-refractivity contribution in [1.29, 1.82) is 0 Å². The van der Waals surface area contributed by atoms with Crippen LogP contribution in [0.1, 0.15) is 21.8 Å². The molecule has 7 heteroatoms. The molecule has 0 saturated carbocycles. The van der Waals surface area contributed by atoms with Gasteiger partial charge in [-0.05, 0) is 41.1 Å². The van der Waals surface area contributed by atoms with Crippen LogP contribution in [0.4, 0.5) is 4.39 Å². The van der Waals surface area contributed by atoms with Crippen molar-refractivity contribution < 1.29 is 18.4 Å². The lowest BCUT2D eigenvalue weighted by Crippen LogP contribution is -2.06. The lowest BCUT2D eigenvalue weighted by Gasteiger charge is -2.04. The third-order valence-electron chi connectivity index (χ3n) is 3.25. The topological polar surface area (TPSA) is 65.2 Å².